The molecular weight excluding hydrogens is 456 g/mol. The lowest BCUT2D eigenvalue weighted by Crippen LogP contribution is -2.33. The van der Waals surface area contributed by atoms with E-state index in [0.29, 0.717) is 5.75 Å². The molecule has 0 saturated heterocycles. The first-order valence-corrected chi connectivity index (χ1v) is 10.2. The lowest BCUT2D eigenvalue weighted by Gasteiger charge is -2.21. The first-order valence-electron chi connectivity index (χ1n) is 10.2. The summed E-state index contributed by atoms with van der Waals surface area (Å²) in [6, 6.07) is 14.3. The van der Waals surface area contributed by atoms with Crippen molar-refractivity contribution >= 4 is 5.69 Å². The Hall–Kier alpha value is -3.50. The number of nitro groups is 1. The summed E-state index contributed by atoms with van der Waals surface area (Å²) in [4.78, 5) is 11.8. The van der Waals surface area contributed by atoms with Crippen LogP contribution in [0.1, 0.15) is 11.1 Å². The monoisotopic (exact) mass is 478 g/mol. The second kappa shape index (κ2) is 10.6. The molecule has 34 heavy (non-hydrogen) atoms. The molecule has 0 aliphatic rings. The molecule has 1 N–H and O–H groups in total. The minimum Gasteiger partial charge on any atom is -0.491 e. The van der Waals surface area contributed by atoms with Crippen molar-refractivity contribution in [2.24, 2.45) is 0 Å². The number of alkyl halides is 3. The Kier molecular flexibility index (Phi) is 7.85. The highest BCUT2D eigenvalue weighted by molar-refractivity contribution is 5.68. The Morgan fingerprint density at radius 1 is 1.09 bits per heavy atom. The number of hydrogen-bond acceptors (Lipinski definition) is 5. The molecular formula is C24H22F4N2O4. The predicted molar refractivity (Wildman–Crippen MR) is 118 cm³/mol. The number of rotatable bonds is 9. The van der Waals surface area contributed by atoms with Crippen molar-refractivity contribution in [3.8, 4) is 16.9 Å². The summed E-state index contributed by atoms with van der Waals surface area (Å²) in [6.07, 6.45) is -5.49. The van der Waals surface area contributed by atoms with Crippen molar-refractivity contribution in [3.63, 3.8) is 0 Å². The van der Waals surface area contributed by atoms with Crippen molar-refractivity contribution < 1.29 is 32.3 Å². The molecule has 0 fully saturated rings. The van der Waals surface area contributed by atoms with Gasteiger partial charge in [0, 0.05) is 30.8 Å². The molecule has 3 aromatic rings. The first-order chi connectivity index (χ1) is 16.0. The minimum absolute atomic E-state index is 0.0810. The van der Waals surface area contributed by atoms with E-state index in [1.54, 1.807) is 11.9 Å². The van der Waals surface area contributed by atoms with Gasteiger partial charge in [-0.3, -0.25) is 15.0 Å². The zero-order valence-corrected chi connectivity index (χ0v) is 18.1. The quantitative estimate of drug-likeness (QED) is 0.257. The van der Waals surface area contributed by atoms with Gasteiger partial charge in [-0.1, -0.05) is 30.3 Å². The van der Waals surface area contributed by atoms with Crippen molar-refractivity contribution in [1.29, 1.82) is 0 Å². The Balaban J connectivity index is 1.59. The van der Waals surface area contributed by atoms with Gasteiger partial charge in [0.2, 0.25) is 0 Å². The third kappa shape index (κ3) is 6.52. The van der Waals surface area contributed by atoms with Gasteiger partial charge in [0.1, 0.15) is 24.3 Å². The van der Waals surface area contributed by atoms with Crippen LogP contribution in [0.3, 0.4) is 0 Å². The number of non-ortho nitro benzene ring substituents is 1. The molecule has 0 amide bonds. The fourth-order valence-corrected chi connectivity index (χ4v) is 3.45. The number of benzene rings is 3. The van der Waals surface area contributed by atoms with Crippen LogP contribution in [-0.4, -0.2) is 41.2 Å². The van der Waals surface area contributed by atoms with E-state index < -0.39 is 28.6 Å². The van der Waals surface area contributed by atoms with Crippen LogP contribution in [0.2, 0.25) is 0 Å². The number of likely N-dealkylation sites (N-methyl/N-ethyl adjacent to an activating group) is 1. The second-order valence-corrected chi connectivity index (χ2v) is 7.76. The Bertz CT molecular complexity index is 1140. The summed E-state index contributed by atoms with van der Waals surface area (Å²) in [6.45, 7) is 0.157. The van der Waals surface area contributed by atoms with E-state index in [1.807, 2.05) is 0 Å². The van der Waals surface area contributed by atoms with Gasteiger partial charge in [-0.2, -0.15) is 13.2 Å². The van der Waals surface area contributed by atoms with E-state index >= 15 is 0 Å². The van der Waals surface area contributed by atoms with Gasteiger partial charge in [-0.05, 0) is 42.4 Å². The van der Waals surface area contributed by atoms with E-state index in [9.17, 15) is 32.8 Å². The van der Waals surface area contributed by atoms with Crippen LogP contribution < -0.4 is 4.74 Å². The highest BCUT2D eigenvalue weighted by Gasteiger charge is 2.33. The van der Waals surface area contributed by atoms with Crippen LogP contribution in [0, 0.1) is 15.9 Å². The maximum atomic E-state index is 14.7. The summed E-state index contributed by atoms with van der Waals surface area (Å²) < 4.78 is 59.9. The second-order valence-electron chi connectivity index (χ2n) is 7.76. The summed E-state index contributed by atoms with van der Waals surface area (Å²) in [5.41, 5.74) is -0.641. The molecule has 0 saturated carbocycles. The van der Waals surface area contributed by atoms with Crippen LogP contribution in [0.5, 0.6) is 5.75 Å². The van der Waals surface area contributed by atoms with Gasteiger partial charge in [0.15, 0.2) is 0 Å². The number of aliphatic hydroxyl groups is 1. The molecule has 10 heteroatoms. The van der Waals surface area contributed by atoms with Crippen LogP contribution in [-0.2, 0) is 12.7 Å². The molecule has 0 spiro atoms. The van der Waals surface area contributed by atoms with E-state index in [-0.39, 0.29) is 42.1 Å². The highest BCUT2D eigenvalue weighted by atomic mass is 19.4. The molecule has 0 aromatic heterocycles. The predicted octanol–water partition coefficient (Wildman–Crippen LogP) is 5.29. The standard InChI is InChI=1S/C24H22F4N2O4/c1-29(14-19(31)15-34-20-10-8-18(9-11-20)30(32)33)13-17-7-6-16(12-23(17)25)21-4-2-3-5-22(21)24(26,27)28/h2-12,19,31H,13-15H2,1H3. The van der Waals surface area contributed by atoms with Gasteiger partial charge < -0.3 is 9.84 Å². The molecule has 180 valence electrons. The van der Waals surface area contributed by atoms with E-state index in [1.165, 1.54) is 54.6 Å². The molecule has 3 rings (SSSR count). The van der Waals surface area contributed by atoms with Gasteiger partial charge in [-0.15, -0.1) is 0 Å². The van der Waals surface area contributed by atoms with Crippen molar-refractivity contribution in [2.45, 2.75) is 18.8 Å². The summed E-state index contributed by atoms with van der Waals surface area (Å²) in [5.74, 6) is -0.300. The molecule has 0 bridgehead atoms. The van der Waals surface area contributed by atoms with Gasteiger partial charge in [0.05, 0.1) is 10.5 Å². The van der Waals surface area contributed by atoms with Crippen molar-refractivity contribution in [2.75, 3.05) is 20.2 Å². The molecule has 6 nitrogen and oxygen atoms in total. The lowest BCUT2D eigenvalue weighted by atomic mass is 9.98. The Morgan fingerprint density at radius 3 is 2.38 bits per heavy atom. The molecule has 1 atom stereocenters. The summed E-state index contributed by atoms with van der Waals surface area (Å²) in [7, 11) is 1.65. The van der Waals surface area contributed by atoms with Gasteiger partial charge in [0.25, 0.3) is 5.69 Å². The van der Waals surface area contributed by atoms with Crippen molar-refractivity contribution in [1.82, 2.24) is 4.90 Å². The van der Waals surface area contributed by atoms with Gasteiger partial charge in [-0.25, -0.2) is 4.39 Å². The minimum atomic E-state index is -4.56. The molecule has 0 heterocycles. The van der Waals surface area contributed by atoms with Crippen LogP contribution in [0.25, 0.3) is 11.1 Å². The van der Waals surface area contributed by atoms with Gasteiger partial charge >= 0.3 is 6.18 Å². The number of halogens is 4. The Morgan fingerprint density at radius 2 is 1.76 bits per heavy atom. The molecule has 0 aliphatic heterocycles. The average Bonchev–Trinajstić information content (AvgIpc) is 2.78. The number of nitrogens with zero attached hydrogens (tertiary/aromatic N) is 2. The topological polar surface area (TPSA) is 75.8 Å². The fraction of sp³-hybridized carbons (Fsp3) is 0.250. The maximum Gasteiger partial charge on any atom is 0.417 e. The fourth-order valence-electron chi connectivity index (χ4n) is 3.45. The molecule has 0 aliphatic carbocycles. The normalized spacial score (nSPS) is 12.6. The summed E-state index contributed by atoms with van der Waals surface area (Å²) >= 11 is 0. The van der Waals surface area contributed by atoms with Crippen LogP contribution in [0.15, 0.2) is 66.7 Å². The number of hydrogen-bond donors (Lipinski definition) is 1. The Labute approximate surface area is 193 Å². The number of aliphatic hydroxyl groups excluding tert-OH is 1. The highest BCUT2D eigenvalue weighted by Crippen LogP contribution is 2.37. The zero-order chi connectivity index (χ0) is 24.9. The smallest absolute Gasteiger partial charge is 0.417 e. The van der Waals surface area contributed by atoms with E-state index in [2.05, 4.69) is 0 Å². The maximum absolute atomic E-state index is 14.7. The molecule has 0 radical (unpaired) electrons. The van der Waals surface area contributed by atoms with E-state index in [0.717, 1.165) is 12.1 Å². The van der Waals surface area contributed by atoms with Crippen LogP contribution in [0.4, 0.5) is 23.2 Å². The number of ether oxygens (including phenoxy) is 1. The third-order valence-corrected chi connectivity index (χ3v) is 5.05. The molecule has 3 aromatic carbocycles. The van der Waals surface area contributed by atoms with E-state index in [4.69, 9.17) is 4.74 Å². The first kappa shape index (κ1) is 25.1. The average molecular weight is 478 g/mol. The van der Waals surface area contributed by atoms with Crippen molar-refractivity contribution in [3.05, 3.63) is 93.8 Å². The SMILES string of the molecule is CN(Cc1ccc(-c2ccccc2C(F)(F)F)cc1F)CC(O)COc1ccc([N+](=O)[O-])cc1. The lowest BCUT2D eigenvalue weighted by molar-refractivity contribution is -0.384. The van der Waals surface area contributed by atoms with Crippen LogP contribution >= 0.6 is 0 Å². The molecule has 1 unspecified atom stereocenters. The third-order valence-electron chi connectivity index (χ3n) is 5.05. The summed E-state index contributed by atoms with van der Waals surface area (Å²) in [5, 5.41) is 20.9. The number of nitro benzene ring substituents is 1. The largest absolute Gasteiger partial charge is 0.491 e. The zero-order valence-electron chi connectivity index (χ0n) is 18.1.